The molecule has 1 aliphatic carbocycles. The van der Waals surface area contributed by atoms with Crippen LogP contribution in [0.15, 0.2) is 30.5 Å². The van der Waals surface area contributed by atoms with Crippen molar-refractivity contribution in [1.82, 2.24) is 24.7 Å². The molecular weight excluding hydrogens is 286 g/mol. The maximum atomic E-state index is 4.59. The summed E-state index contributed by atoms with van der Waals surface area (Å²) >= 11 is 0. The third kappa shape index (κ3) is 2.36. The fourth-order valence-electron chi connectivity index (χ4n) is 3.76. The summed E-state index contributed by atoms with van der Waals surface area (Å²) in [5.74, 6) is 0.736. The lowest BCUT2D eigenvalue weighted by Gasteiger charge is -2.20. The van der Waals surface area contributed by atoms with E-state index in [0.29, 0.717) is 0 Å². The van der Waals surface area contributed by atoms with Crippen molar-refractivity contribution >= 4 is 5.52 Å². The molecular formula is C18H21N5. The van der Waals surface area contributed by atoms with Crippen LogP contribution in [0.5, 0.6) is 0 Å². The van der Waals surface area contributed by atoms with Crippen molar-refractivity contribution in [3.63, 3.8) is 0 Å². The first-order valence-corrected chi connectivity index (χ1v) is 8.58. The van der Waals surface area contributed by atoms with E-state index in [1.165, 1.54) is 41.0 Å². The first-order valence-electron chi connectivity index (χ1n) is 8.58. The normalized spacial score (nSPS) is 19.0. The lowest BCUT2D eigenvalue weighted by Crippen LogP contribution is -2.27. The van der Waals surface area contributed by atoms with Gasteiger partial charge in [0.2, 0.25) is 0 Å². The molecule has 0 spiro atoms. The molecule has 0 aromatic carbocycles. The van der Waals surface area contributed by atoms with E-state index < -0.39 is 0 Å². The summed E-state index contributed by atoms with van der Waals surface area (Å²) in [6.07, 6.45) is 6.71. The van der Waals surface area contributed by atoms with Crippen molar-refractivity contribution in [3.8, 4) is 0 Å². The Bertz CT molecular complexity index is 842. The van der Waals surface area contributed by atoms with Crippen LogP contribution in [0.1, 0.15) is 41.4 Å². The minimum Gasteiger partial charge on any atom is -0.297 e. The van der Waals surface area contributed by atoms with Crippen LogP contribution >= 0.6 is 0 Å². The quantitative estimate of drug-likeness (QED) is 0.809. The number of aromatic nitrogens is 4. The summed E-state index contributed by atoms with van der Waals surface area (Å²) in [4.78, 5) is 2.54. The summed E-state index contributed by atoms with van der Waals surface area (Å²) in [5.41, 5.74) is 6.66. The predicted octanol–water partition coefficient (Wildman–Crippen LogP) is 2.54. The molecule has 3 aromatic heterocycles. The van der Waals surface area contributed by atoms with Crippen molar-refractivity contribution in [1.29, 1.82) is 0 Å². The highest BCUT2D eigenvalue weighted by atomic mass is 15.2. The van der Waals surface area contributed by atoms with Crippen molar-refractivity contribution in [3.05, 3.63) is 53.1 Å². The van der Waals surface area contributed by atoms with E-state index in [1.807, 2.05) is 6.20 Å². The van der Waals surface area contributed by atoms with Gasteiger partial charge in [-0.15, -0.1) is 0 Å². The van der Waals surface area contributed by atoms with Gasteiger partial charge in [0.25, 0.3) is 0 Å². The Morgan fingerprint density at radius 3 is 2.96 bits per heavy atom. The molecule has 1 saturated carbocycles. The number of aromatic amines is 1. The highest BCUT2D eigenvalue weighted by Gasteiger charge is 2.31. The Hall–Kier alpha value is -2.14. The van der Waals surface area contributed by atoms with Gasteiger partial charge in [0.15, 0.2) is 0 Å². The lowest BCUT2D eigenvalue weighted by atomic mass is 10.1. The van der Waals surface area contributed by atoms with E-state index >= 15 is 0 Å². The summed E-state index contributed by atoms with van der Waals surface area (Å²) in [6.45, 7) is 3.14. The molecule has 1 N–H and O–H groups in total. The number of hydrogen-bond donors (Lipinski definition) is 1. The van der Waals surface area contributed by atoms with E-state index in [4.69, 9.17) is 0 Å². The summed E-state index contributed by atoms with van der Waals surface area (Å²) in [5, 5.41) is 12.3. The largest absolute Gasteiger partial charge is 0.297 e. The van der Waals surface area contributed by atoms with Gasteiger partial charge in [0.1, 0.15) is 0 Å². The third-order valence-electron chi connectivity index (χ3n) is 5.19. The van der Waals surface area contributed by atoms with E-state index in [9.17, 15) is 0 Å². The van der Waals surface area contributed by atoms with Gasteiger partial charge in [0, 0.05) is 43.9 Å². The lowest BCUT2D eigenvalue weighted by molar-refractivity contribution is 0.273. The standard InChI is InChI=1S/C18H21N5/c1-2-14-6-9-19-23(14)15(3-1)12-22-10-7-16-17(8-11-22)20-21-18(16)13-4-5-13/h1-3,6,9,13H,4-5,7-8,10-12H2,(H,20,21). The highest BCUT2D eigenvalue weighted by Crippen LogP contribution is 2.41. The van der Waals surface area contributed by atoms with E-state index in [-0.39, 0.29) is 0 Å². The number of pyridine rings is 1. The average molecular weight is 307 g/mol. The minimum absolute atomic E-state index is 0.736. The van der Waals surface area contributed by atoms with Gasteiger partial charge >= 0.3 is 0 Å². The Morgan fingerprint density at radius 1 is 1.13 bits per heavy atom. The van der Waals surface area contributed by atoms with Crippen LogP contribution in [0.25, 0.3) is 5.52 Å². The second-order valence-corrected chi connectivity index (χ2v) is 6.80. The monoisotopic (exact) mass is 307 g/mol. The topological polar surface area (TPSA) is 49.2 Å². The fraction of sp³-hybridized carbons (Fsp3) is 0.444. The van der Waals surface area contributed by atoms with Crippen LogP contribution in [-0.4, -0.2) is 37.8 Å². The zero-order chi connectivity index (χ0) is 15.2. The molecule has 3 aromatic rings. The number of rotatable bonds is 3. The van der Waals surface area contributed by atoms with Crippen molar-refractivity contribution in [2.24, 2.45) is 0 Å². The van der Waals surface area contributed by atoms with E-state index in [0.717, 1.165) is 38.4 Å². The number of nitrogens with one attached hydrogen (secondary N) is 1. The van der Waals surface area contributed by atoms with Crippen LogP contribution in [-0.2, 0) is 19.4 Å². The second kappa shape index (κ2) is 5.20. The molecule has 0 saturated heterocycles. The zero-order valence-electron chi connectivity index (χ0n) is 13.2. The van der Waals surface area contributed by atoms with Crippen molar-refractivity contribution in [2.75, 3.05) is 13.1 Å². The van der Waals surface area contributed by atoms with Gasteiger partial charge < -0.3 is 0 Å². The van der Waals surface area contributed by atoms with Gasteiger partial charge in [-0.05, 0) is 43.0 Å². The summed E-state index contributed by atoms with van der Waals surface area (Å²) in [7, 11) is 0. The van der Waals surface area contributed by atoms with Crippen LogP contribution < -0.4 is 0 Å². The molecule has 0 radical (unpaired) electrons. The fourth-order valence-corrected chi connectivity index (χ4v) is 3.76. The molecule has 0 bridgehead atoms. The molecule has 23 heavy (non-hydrogen) atoms. The van der Waals surface area contributed by atoms with Gasteiger partial charge in [-0.1, -0.05) is 6.07 Å². The molecule has 118 valence electrons. The van der Waals surface area contributed by atoms with Crippen LogP contribution in [0, 0.1) is 0 Å². The molecule has 5 nitrogen and oxygen atoms in total. The van der Waals surface area contributed by atoms with Gasteiger partial charge in [0.05, 0.1) is 16.9 Å². The van der Waals surface area contributed by atoms with Gasteiger partial charge in [-0.25, -0.2) is 4.52 Å². The Morgan fingerprint density at radius 2 is 2.04 bits per heavy atom. The Kier molecular flexibility index (Phi) is 3.01. The minimum atomic E-state index is 0.736. The Labute approximate surface area is 135 Å². The zero-order valence-corrected chi connectivity index (χ0v) is 13.2. The predicted molar refractivity (Wildman–Crippen MR) is 88.4 cm³/mol. The number of H-pyrrole nitrogens is 1. The molecule has 5 heteroatoms. The maximum absolute atomic E-state index is 4.59. The van der Waals surface area contributed by atoms with Crippen LogP contribution in [0.4, 0.5) is 0 Å². The van der Waals surface area contributed by atoms with Gasteiger partial charge in [-0.2, -0.15) is 10.2 Å². The van der Waals surface area contributed by atoms with Crippen LogP contribution in [0.3, 0.4) is 0 Å². The summed E-state index contributed by atoms with van der Waals surface area (Å²) < 4.78 is 2.06. The first-order chi connectivity index (χ1) is 11.4. The molecule has 0 atom stereocenters. The average Bonchev–Trinajstić information content (AvgIpc) is 3.21. The smallest absolute Gasteiger partial charge is 0.0688 e. The molecule has 2 aliphatic rings. The first kappa shape index (κ1) is 13.3. The van der Waals surface area contributed by atoms with Crippen molar-refractivity contribution < 1.29 is 0 Å². The van der Waals surface area contributed by atoms with Crippen molar-refractivity contribution in [2.45, 2.75) is 38.1 Å². The molecule has 1 aliphatic heterocycles. The highest BCUT2D eigenvalue weighted by molar-refractivity contribution is 5.46. The maximum Gasteiger partial charge on any atom is 0.0688 e. The molecule has 5 rings (SSSR count). The van der Waals surface area contributed by atoms with E-state index in [2.05, 4.69) is 49.0 Å². The van der Waals surface area contributed by atoms with Gasteiger partial charge in [-0.3, -0.25) is 10.00 Å². The summed E-state index contributed by atoms with van der Waals surface area (Å²) in [6, 6.07) is 8.48. The Balaban J connectivity index is 1.36. The number of hydrogen-bond acceptors (Lipinski definition) is 3. The molecule has 0 amide bonds. The molecule has 4 heterocycles. The number of nitrogens with zero attached hydrogens (tertiary/aromatic N) is 4. The van der Waals surface area contributed by atoms with Crippen LogP contribution in [0.2, 0.25) is 0 Å². The van der Waals surface area contributed by atoms with E-state index in [1.54, 1.807) is 0 Å². The molecule has 0 unspecified atom stereocenters. The SMILES string of the molecule is c1cc(CN2CCc3[nH]nc(C4CC4)c3CC2)n2nccc2c1. The molecule has 1 fully saturated rings. The third-order valence-corrected chi connectivity index (χ3v) is 5.19. The second-order valence-electron chi connectivity index (χ2n) is 6.80. The number of fused-ring (bicyclic) bond motifs is 2.